The summed E-state index contributed by atoms with van der Waals surface area (Å²) in [6.45, 7) is 8.86. The second-order valence-corrected chi connectivity index (χ2v) is 6.04. The van der Waals surface area contributed by atoms with Gasteiger partial charge in [0.05, 0.1) is 12.1 Å². The lowest BCUT2D eigenvalue weighted by Gasteiger charge is -2.30. The van der Waals surface area contributed by atoms with Gasteiger partial charge in [-0.05, 0) is 25.7 Å². The maximum Gasteiger partial charge on any atom is 0.191 e. The molecule has 1 aliphatic rings. The molecule has 0 aromatic rings. The third kappa shape index (κ3) is 6.12. The minimum atomic E-state index is -0.574. The van der Waals surface area contributed by atoms with Crippen LogP contribution in [0.5, 0.6) is 0 Å². The second kappa shape index (κ2) is 9.22. The van der Waals surface area contributed by atoms with Crippen LogP contribution in [0.25, 0.3) is 0 Å². The molecule has 0 heterocycles. The number of hydrogen-bond donors (Lipinski definition) is 3. The Bertz CT molecular complexity index is 281. The van der Waals surface area contributed by atoms with Crippen LogP contribution < -0.4 is 10.6 Å². The van der Waals surface area contributed by atoms with Crippen molar-refractivity contribution in [2.45, 2.75) is 71.3 Å². The van der Waals surface area contributed by atoms with Gasteiger partial charge in [0.2, 0.25) is 0 Å². The Balaban J connectivity index is 2.48. The molecule has 118 valence electrons. The van der Waals surface area contributed by atoms with Crippen molar-refractivity contribution in [3.63, 3.8) is 0 Å². The quantitative estimate of drug-likeness (QED) is 0.497. The van der Waals surface area contributed by atoms with E-state index in [1.165, 1.54) is 19.3 Å². The molecule has 1 rings (SSSR count). The Morgan fingerprint density at radius 2 is 1.75 bits per heavy atom. The fourth-order valence-corrected chi connectivity index (χ4v) is 2.75. The molecule has 0 saturated heterocycles. The molecule has 1 fully saturated rings. The lowest BCUT2D eigenvalue weighted by Crippen LogP contribution is -2.42. The third-order valence-electron chi connectivity index (χ3n) is 4.37. The summed E-state index contributed by atoms with van der Waals surface area (Å²) >= 11 is 0. The molecule has 1 saturated carbocycles. The van der Waals surface area contributed by atoms with Crippen molar-refractivity contribution >= 4 is 5.96 Å². The van der Waals surface area contributed by atoms with Crippen molar-refractivity contribution in [2.24, 2.45) is 10.9 Å². The summed E-state index contributed by atoms with van der Waals surface area (Å²) in [5.41, 5.74) is -0.574. The van der Waals surface area contributed by atoms with E-state index >= 15 is 0 Å². The largest absolute Gasteiger partial charge is 0.388 e. The van der Waals surface area contributed by atoms with E-state index in [0.717, 1.165) is 44.7 Å². The summed E-state index contributed by atoms with van der Waals surface area (Å²) < 4.78 is 0. The third-order valence-corrected chi connectivity index (χ3v) is 4.37. The van der Waals surface area contributed by atoms with Gasteiger partial charge in [-0.3, -0.25) is 4.99 Å². The zero-order valence-electron chi connectivity index (χ0n) is 13.5. The maximum atomic E-state index is 10.5. The topological polar surface area (TPSA) is 56.7 Å². The predicted octanol–water partition coefficient (Wildman–Crippen LogP) is 2.67. The number of nitrogens with zero attached hydrogens (tertiary/aromatic N) is 1. The summed E-state index contributed by atoms with van der Waals surface area (Å²) in [5, 5.41) is 17.2. The first kappa shape index (κ1) is 17.3. The molecular weight excluding hydrogens is 250 g/mol. The van der Waals surface area contributed by atoms with Gasteiger partial charge < -0.3 is 15.7 Å². The number of hydrogen-bond acceptors (Lipinski definition) is 2. The van der Waals surface area contributed by atoms with Crippen LogP contribution in [0.1, 0.15) is 65.7 Å². The first-order chi connectivity index (χ1) is 9.63. The van der Waals surface area contributed by atoms with Gasteiger partial charge in [-0.25, -0.2) is 0 Å². The first-order valence-corrected chi connectivity index (χ1v) is 8.38. The molecule has 0 spiro atoms. The number of guanidine groups is 1. The molecule has 0 unspecified atom stereocenters. The average molecular weight is 283 g/mol. The fraction of sp³-hybridized carbons (Fsp3) is 0.938. The highest BCUT2D eigenvalue weighted by molar-refractivity contribution is 5.79. The van der Waals surface area contributed by atoms with E-state index in [9.17, 15) is 5.11 Å². The second-order valence-electron chi connectivity index (χ2n) is 6.04. The van der Waals surface area contributed by atoms with Crippen LogP contribution >= 0.6 is 0 Å². The van der Waals surface area contributed by atoms with Crippen molar-refractivity contribution in [2.75, 3.05) is 19.6 Å². The van der Waals surface area contributed by atoms with Crippen LogP contribution in [0.2, 0.25) is 0 Å². The Kier molecular flexibility index (Phi) is 7.97. The highest BCUT2D eigenvalue weighted by atomic mass is 16.3. The van der Waals surface area contributed by atoms with E-state index in [2.05, 4.69) is 36.4 Å². The smallest absolute Gasteiger partial charge is 0.191 e. The van der Waals surface area contributed by atoms with Gasteiger partial charge in [-0.15, -0.1) is 0 Å². The van der Waals surface area contributed by atoms with Gasteiger partial charge in [0.1, 0.15) is 0 Å². The Morgan fingerprint density at radius 1 is 1.10 bits per heavy atom. The molecule has 4 heteroatoms. The lowest BCUT2D eigenvalue weighted by atomic mass is 9.85. The summed E-state index contributed by atoms with van der Waals surface area (Å²) in [6, 6.07) is 0. The molecule has 0 aromatic heterocycles. The number of rotatable bonds is 7. The number of nitrogens with one attached hydrogen (secondary N) is 2. The molecule has 20 heavy (non-hydrogen) atoms. The van der Waals surface area contributed by atoms with E-state index in [1.807, 2.05) is 0 Å². The van der Waals surface area contributed by atoms with E-state index < -0.39 is 5.60 Å². The van der Waals surface area contributed by atoms with Gasteiger partial charge in [0.15, 0.2) is 5.96 Å². The summed E-state index contributed by atoms with van der Waals surface area (Å²) in [4.78, 5) is 4.59. The van der Waals surface area contributed by atoms with Gasteiger partial charge in [0, 0.05) is 13.1 Å². The highest BCUT2D eigenvalue weighted by Gasteiger charge is 2.28. The van der Waals surface area contributed by atoms with Crippen molar-refractivity contribution in [3.8, 4) is 0 Å². The van der Waals surface area contributed by atoms with E-state index in [4.69, 9.17) is 0 Å². The first-order valence-electron chi connectivity index (χ1n) is 8.38. The normalized spacial score (nSPS) is 19.1. The van der Waals surface area contributed by atoms with Crippen molar-refractivity contribution in [1.29, 1.82) is 0 Å². The van der Waals surface area contributed by atoms with Crippen LogP contribution in [0.4, 0.5) is 0 Å². The van der Waals surface area contributed by atoms with E-state index in [1.54, 1.807) is 0 Å². The predicted molar refractivity (Wildman–Crippen MR) is 86.1 cm³/mol. The van der Waals surface area contributed by atoms with Gasteiger partial charge in [-0.2, -0.15) is 0 Å². The van der Waals surface area contributed by atoms with Gasteiger partial charge in [-0.1, -0.05) is 46.0 Å². The Morgan fingerprint density at radius 3 is 2.30 bits per heavy atom. The van der Waals surface area contributed by atoms with Gasteiger partial charge >= 0.3 is 0 Å². The van der Waals surface area contributed by atoms with E-state index in [0.29, 0.717) is 12.5 Å². The standard InChI is InChI=1S/C16H33N3O/c1-4-14(5-2)12-18-15(17-6-3)19-13-16(20)10-8-7-9-11-16/h14,20H,4-13H2,1-3H3,(H2,17,18,19). The molecule has 0 amide bonds. The lowest BCUT2D eigenvalue weighted by molar-refractivity contribution is 0.0131. The summed E-state index contributed by atoms with van der Waals surface area (Å²) in [7, 11) is 0. The molecule has 0 atom stereocenters. The maximum absolute atomic E-state index is 10.5. The molecule has 0 bridgehead atoms. The molecular formula is C16H33N3O. The van der Waals surface area contributed by atoms with Gasteiger partial charge in [0.25, 0.3) is 0 Å². The SMILES string of the molecule is CCNC(=NCC1(O)CCCCC1)NCC(CC)CC. The van der Waals surface area contributed by atoms with Crippen molar-refractivity contribution in [3.05, 3.63) is 0 Å². The highest BCUT2D eigenvalue weighted by Crippen LogP contribution is 2.28. The Hall–Kier alpha value is -0.770. The zero-order valence-corrected chi connectivity index (χ0v) is 13.5. The molecule has 0 aliphatic heterocycles. The van der Waals surface area contributed by atoms with Crippen LogP contribution in [-0.2, 0) is 0 Å². The molecule has 0 radical (unpaired) electrons. The average Bonchev–Trinajstić information content (AvgIpc) is 2.46. The molecule has 0 aromatic carbocycles. The van der Waals surface area contributed by atoms with Crippen LogP contribution in [-0.4, -0.2) is 36.3 Å². The van der Waals surface area contributed by atoms with Crippen LogP contribution in [0.3, 0.4) is 0 Å². The molecule has 1 aliphatic carbocycles. The minimum Gasteiger partial charge on any atom is -0.388 e. The zero-order chi connectivity index (χ0) is 14.8. The number of aliphatic hydroxyl groups is 1. The molecule has 3 N–H and O–H groups in total. The summed E-state index contributed by atoms with van der Waals surface area (Å²) in [5.74, 6) is 1.54. The number of aliphatic imine (C=N–C) groups is 1. The van der Waals surface area contributed by atoms with Crippen molar-refractivity contribution in [1.82, 2.24) is 10.6 Å². The van der Waals surface area contributed by atoms with Crippen molar-refractivity contribution < 1.29 is 5.11 Å². The van der Waals surface area contributed by atoms with E-state index in [-0.39, 0.29) is 0 Å². The fourth-order valence-electron chi connectivity index (χ4n) is 2.75. The monoisotopic (exact) mass is 283 g/mol. The summed E-state index contributed by atoms with van der Waals surface area (Å²) in [6.07, 6.45) is 7.66. The van der Waals surface area contributed by atoms with Crippen LogP contribution in [0, 0.1) is 5.92 Å². The molecule has 4 nitrogen and oxygen atoms in total. The van der Waals surface area contributed by atoms with Crippen LogP contribution in [0.15, 0.2) is 4.99 Å². The minimum absolute atomic E-state index is 0.519. The Labute approximate surface area is 124 Å².